The van der Waals surface area contributed by atoms with E-state index in [1.165, 1.54) is 0 Å². The molecule has 1 amide bonds. The quantitative estimate of drug-likeness (QED) is 0.679. The van der Waals surface area contributed by atoms with Crippen LogP contribution in [0.2, 0.25) is 0 Å². The lowest BCUT2D eigenvalue weighted by Crippen LogP contribution is -2.59. The zero-order chi connectivity index (χ0) is 11.9. The molecule has 6 nitrogen and oxygen atoms in total. The summed E-state index contributed by atoms with van der Waals surface area (Å²) in [5, 5.41) is 4.07. The molecule has 0 bridgehead atoms. The van der Waals surface area contributed by atoms with Gasteiger partial charge in [0.05, 0.1) is 0 Å². The van der Waals surface area contributed by atoms with Gasteiger partial charge < -0.3 is 9.80 Å². The van der Waals surface area contributed by atoms with Gasteiger partial charge in [0.2, 0.25) is 5.82 Å². The molecular weight excluding hydrogens is 206 g/mol. The average molecular weight is 223 g/mol. The van der Waals surface area contributed by atoms with Crippen LogP contribution in [0.3, 0.4) is 0 Å². The highest BCUT2D eigenvalue weighted by atomic mass is 16.2. The van der Waals surface area contributed by atoms with Gasteiger partial charge in [-0.15, -0.1) is 0 Å². The van der Waals surface area contributed by atoms with E-state index in [0.29, 0.717) is 17.7 Å². The number of carbonyl (C=O) groups is 1. The first-order valence-electron chi connectivity index (χ1n) is 5.32. The van der Waals surface area contributed by atoms with Crippen LogP contribution >= 0.6 is 0 Å². The molecule has 0 atom stereocenters. The van der Waals surface area contributed by atoms with Crippen LogP contribution in [0.15, 0.2) is 0 Å². The minimum absolute atomic E-state index is 0.0267. The van der Waals surface area contributed by atoms with E-state index in [9.17, 15) is 4.79 Å². The lowest BCUT2D eigenvalue weighted by Gasteiger charge is -2.42. The number of amides is 1. The Morgan fingerprint density at radius 3 is 2.50 bits per heavy atom. The summed E-state index contributed by atoms with van der Waals surface area (Å²) in [4.78, 5) is 20.1. The Balaban J connectivity index is 2.03. The highest BCUT2D eigenvalue weighted by molar-refractivity contribution is 5.91. The summed E-state index contributed by atoms with van der Waals surface area (Å²) < 4.78 is 1.54. The molecule has 0 spiro atoms. The Kier molecular flexibility index (Phi) is 2.67. The fourth-order valence-electron chi connectivity index (χ4n) is 1.79. The lowest BCUT2D eigenvalue weighted by atomic mass is 10.1. The first kappa shape index (κ1) is 11.1. The van der Waals surface area contributed by atoms with Crippen LogP contribution in [-0.4, -0.2) is 63.7 Å². The number of hydrogen-bond donors (Lipinski definition) is 0. The van der Waals surface area contributed by atoms with Crippen molar-refractivity contribution in [3.8, 4) is 0 Å². The van der Waals surface area contributed by atoms with Crippen molar-refractivity contribution >= 4 is 5.91 Å². The van der Waals surface area contributed by atoms with Gasteiger partial charge in [-0.3, -0.25) is 4.79 Å². The second-order valence-electron chi connectivity index (χ2n) is 4.43. The summed E-state index contributed by atoms with van der Waals surface area (Å²) in [6.45, 7) is 3.34. The van der Waals surface area contributed by atoms with Crippen LogP contribution in [0.25, 0.3) is 0 Å². The maximum Gasteiger partial charge on any atom is 0.291 e. The van der Waals surface area contributed by atoms with Gasteiger partial charge in [-0.05, 0) is 21.0 Å². The van der Waals surface area contributed by atoms with Gasteiger partial charge in [0.1, 0.15) is 5.82 Å². The van der Waals surface area contributed by atoms with Crippen LogP contribution in [0.4, 0.5) is 0 Å². The van der Waals surface area contributed by atoms with Crippen molar-refractivity contribution in [2.75, 3.05) is 27.2 Å². The summed E-state index contributed by atoms with van der Waals surface area (Å²) in [5.41, 5.74) is 0. The fraction of sp³-hybridized carbons (Fsp3) is 0.700. The molecule has 2 rings (SSSR count). The van der Waals surface area contributed by atoms with Crippen molar-refractivity contribution in [2.45, 2.75) is 13.0 Å². The van der Waals surface area contributed by atoms with Gasteiger partial charge in [0.15, 0.2) is 0 Å². The van der Waals surface area contributed by atoms with E-state index in [1.807, 2.05) is 14.1 Å². The van der Waals surface area contributed by atoms with E-state index in [4.69, 9.17) is 0 Å². The Morgan fingerprint density at radius 2 is 2.06 bits per heavy atom. The number of nitrogens with zero attached hydrogens (tertiary/aromatic N) is 5. The van der Waals surface area contributed by atoms with Gasteiger partial charge in [0.25, 0.3) is 5.91 Å². The summed E-state index contributed by atoms with van der Waals surface area (Å²) in [5.74, 6) is 1.03. The molecule has 2 heterocycles. The second kappa shape index (κ2) is 3.86. The number of rotatable bonds is 2. The average Bonchev–Trinajstić information content (AvgIpc) is 2.41. The topological polar surface area (TPSA) is 54.3 Å². The van der Waals surface area contributed by atoms with E-state index >= 15 is 0 Å². The Hall–Kier alpha value is -1.43. The zero-order valence-electron chi connectivity index (χ0n) is 10.1. The molecule has 0 N–H and O–H groups in total. The molecule has 1 aromatic heterocycles. The summed E-state index contributed by atoms with van der Waals surface area (Å²) >= 11 is 0. The number of aromatic nitrogens is 3. The van der Waals surface area contributed by atoms with Crippen LogP contribution in [0.5, 0.6) is 0 Å². The molecule has 88 valence electrons. The van der Waals surface area contributed by atoms with E-state index in [2.05, 4.69) is 15.0 Å². The maximum atomic E-state index is 12.0. The van der Waals surface area contributed by atoms with E-state index < -0.39 is 0 Å². The monoisotopic (exact) mass is 223 g/mol. The molecule has 16 heavy (non-hydrogen) atoms. The SMILES string of the molecule is Cc1nc(C(=O)N2CC(N(C)C)C2)n(C)n1. The predicted molar refractivity (Wildman–Crippen MR) is 59.1 cm³/mol. The Morgan fingerprint density at radius 1 is 1.44 bits per heavy atom. The van der Waals surface area contributed by atoms with Crippen molar-refractivity contribution in [1.29, 1.82) is 0 Å². The summed E-state index contributed by atoms with van der Waals surface area (Å²) in [6, 6.07) is 0.471. The normalized spacial score (nSPS) is 16.7. The molecule has 0 aromatic carbocycles. The minimum Gasteiger partial charge on any atom is -0.333 e. The van der Waals surface area contributed by atoms with Gasteiger partial charge >= 0.3 is 0 Å². The first-order valence-corrected chi connectivity index (χ1v) is 5.32. The first-order chi connectivity index (χ1) is 7.49. The van der Waals surface area contributed by atoms with E-state index in [0.717, 1.165) is 13.1 Å². The molecule has 1 saturated heterocycles. The highest BCUT2D eigenvalue weighted by Crippen LogP contribution is 2.15. The van der Waals surface area contributed by atoms with Crippen LogP contribution in [0, 0.1) is 6.92 Å². The van der Waals surface area contributed by atoms with Gasteiger partial charge in [-0.1, -0.05) is 0 Å². The summed E-state index contributed by atoms with van der Waals surface area (Å²) in [7, 11) is 5.80. The van der Waals surface area contributed by atoms with Gasteiger partial charge in [-0.25, -0.2) is 9.67 Å². The standard InChI is InChI=1S/C10H17N5O/c1-7-11-9(14(4)12-7)10(16)15-5-8(6-15)13(2)3/h8H,5-6H2,1-4H3. The van der Waals surface area contributed by atoms with Crippen LogP contribution < -0.4 is 0 Å². The molecule has 6 heteroatoms. The predicted octanol–water partition coefficient (Wildman–Crippen LogP) is -0.490. The molecule has 1 aliphatic heterocycles. The van der Waals surface area contributed by atoms with Crippen LogP contribution in [0.1, 0.15) is 16.4 Å². The van der Waals surface area contributed by atoms with E-state index in [1.54, 1.807) is 23.6 Å². The number of likely N-dealkylation sites (N-methyl/N-ethyl adjacent to an activating group) is 1. The Labute approximate surface area is 94.9 Å². The minimum atomic E-state index is -0.0267. The van der Waals surface area contributed by atoms with Crippen molar-refractivity contribution in [2.24, 2.45) is 7.05 Å². The van der Waals surface area contributed by atoms with Crippen LogP contribution in [-0.2, 0) is 7.05 Å². The number of likely N-dealkylation sites (tertiary alicyclic amines) is 1. The largest absolute Gasteiger partial charge is 0.333 e. The molecule has 0 aliphatic carbocycles. The van der Waals surface area contributed by atoms with E-state index in [-0.39, 0.29) is 5.91 Å². The highest BCUT2D eigenvalue weighted by Gasteiger charge is 2.34. The van der Waals surface area contributed by atoms with Gasteiger partial charge in [-0.2, -0.15) is 5.10 Å². The van der Waals surface area contributed by atoms with Crippen molar-refractivity contribution in [3.05, 3.63) is 11.6 Å². The van der Waals surface area contributed by atoms with Crippen molar-refractivity contribution in [3.63, 3.8) is 0 Å². The molecule has 1 fully saturated rings. The number of aryl methyl sites for hydroxylation is 2. The molecule has 0 saturated carbocycles. The smallest absolute Gasteiger partial charge is 0.291 e. The lowest BCUT2D eigenvalue weighted by molar-refractivity contribution is 0.0383. The van der Waals surface area contributed by atoms with Crippen molar-refractivity contribution in [1.82, 2.24) is 24.6 Å². The molecule has 1 aromatic rings. The summed E-state index contributed by atoms with van der Waals surface area (Å²) in [6.07, 6.45) is 0. The number of carbonyl (C=O) groups excluding carboxylic acids is 1. The molecule has 0 unspecified atom stereocenters. The second-order valence-corrected chi connectivity index (χ2v) is 4.43. The fourth-order valence-corrected chi connectivity index (χ4v) is 1.79. The zero-order valence-corrected chi connectivity index (χ0v) is 10.1. The molecule has 1 aliphatic rings. The van der Waals surface area contributed by atoms with Gasteiger partial charge in [0, 0.05) is 26.2 Å². The Bertz CT molecular complexity index is 405. The number of hydrogen-bond acceptors (Lipinski definition) is 4. The third-order valence-electron chi connectivity index (χ3n) is 2.94. The van der Waals surface area contributed by atoms with Crippen molar-refractivity contribution < 1.29 is 4.79 Å². The third-order valence-corrected chi connectivity index (χ3v) is 2.94. The third kappa shape index (κ3) is 1.80. The molecular formula is C10H17N5O. The maximum absolute atomic E-state index is 12.0. The molecule has 0 radical (unpaired) electrons.